The molecule has 2 aliphatic rings. The maximum Gasteiger partial charge on any atom is 0.217 e. The lowest BCUT2D eigenvalue weighted by molar-refractivity contribution is -0.131. The maximum absolute atomic E-state index is 12.9. The van der Waals surface area contributed by atoms with Crippen molar-refractivity contribution in [3.8, 4) is 0 Å². The first kappa shape index (κ1) is 23.0. The molecule has 0 amide bonds. The van der Waals surface area contributed by atoms with E-state index in [1.807, 2.05) is 0 Å². The molecule has 2 fully saturated rings. The summed E-state index contributed by atoms with van der Waals surface area (Å²) in [7, 11) is 2.93. The summed E-state index contributed by atoms with van der Waals surface area (Å²) in [5, 5.41) is 0. The molecule has 28 heavy (non-hydrogen) atoms. The fourth-order valence-electron chi connectivity index (χ4n) is 4.84. The van der Waals surface area contributed by atoms with Gasteiger partial charge in [-0.2, -0.15) is 0 Å². The zero-order valence-corrected chi connectivity index (χ0v) is 18.8. The second kappa shape index (κ2) is 7.52. The van der Waals surface area contributed by atoms with Crippen molar-refractivity contribution in [1.82, 2.24) is 4.48 Å². The van der Waals surface area contributed by atoms with Gasteiger partial charge in [0, 0.05) is 11.3 Å². The Hall–Kier alpha value is -1.28. The van der Waals surface area contributed by atoms with Gasteiger partial charge >= 0.3 is 0 Å². The number of nitrogens with zero attached hydrogens (tertiary/aromatic N) is 1. The Morgan fingerprint density at radius 3 is 2.00 bits per heavy atom. The Labute approximate surface area is 169 Å². The first-order valence-corrected chi connectivity index (χ1v) is 10.9. The number of fused-ring (bicyclic) bond motifs is 2. The van der Waals surface area contributed by atoms with Crippen LogP contribution < -0.4 is 4.48 Å². The van der Waals surface area contributed by atoms with Crippen molar-refractivity contribution in [2.24, 2.45) is 22.7 Å². The van der Waals surface area contributed by atoms with Gasteiger partial charge < -0.3 is 4.55 Å². The minimum absolute atomic E-state index is 0.0927. The van der Waals surface area contributed by atoms with Crippen molar-refractivity contribution in [2.45, 2.75) is 40.0 Å². The van der Waals surface area contributed by atoms with E-state index in [2.05, 4.69) is 70.4 Å². The van der Waals surface area contributed by atoms with Crippen LogP contribution in [0, 0.1) is 22.7 Å². The van der Waals surface area contributed by atoms with Gasteiger partial charge in [0.05, 0.1) is 28.3 Å². The van der Waals surface area contributed by atoms with Crippen LogP contribution in [0.25, 0.3) is 0 Å². The van der Waals surface area contributed by atoms with Crippen LogP contribution in [0.5, 0.6) is 0 Å². The second-order valence-electron chi connectivity index (χ2n) is 9.63. The van der Waals surface area contributed by atoms with E-state index < -0.39 is 10.4 Å². The molecule has 2 bridgehead atoms. The highest BCUT2D eigenvalue weighted by molar-refractivity contribution is 7.80. The molecule has 3 atom stereocenters. The van der Waals surface area contributed by atoms with E-state index >= 15 is 0 Å². The second-order valence-corrected chi connectivity index (χ2v) is 10.8. The van der Waals surface area contributed by atoms with Crippen molar-refractivity contribution < 1.29 is 21.9 Å². The summed E-state index contributed by atoms with van der Waals surface area (Å²) in [6, 6.07) is 8.85. The van der Waals surface area contributed by atoms with Crippen LogP contribution in [0.4, 0.5) is 5.69 Å². The highest BCUT2D eigenvalue weighted by Gasteiger charge is 2.65. The molecule has 2 saturated carbocycles. The van der Waals surface area contributed by atoms with E-state index in [1.54, 1.807) is 0 Å². The van der Waals surface area contributed by atoms with Gasteiger partial charge in [0.1, 0.15) is 11.5 Å². The number of Topliss-reactive ketones (excluding diaryl/α,β-unsaturated/α-hetero) is 1. The normalized spacial score (nSPS) is 28.8. The summed E-state index contributed by atoms with van der Waals surface area (Å²) in [5.41, 5.74) is 2.68. The molecule has 0 N–H and O–H groups in total. The van der Waals surface area contributed by atoms with Crippen LogP contribution in [0.1, 0.15) is 39.2 Å². The topological polar surface area (TPSA) is 83.5 Å². The third-order valence-electron chi connectivity index (χ3n) is 7.04. The molecule has 0 heterocycles. The molecule has 3 unspecified atom stereocenters. The lowest BCUT2D eigenvalue weighted by Gasteiger charge is -2.32. The zero-order chi connectivity index (χ0) is 21.5. The lowest BCUT2D eigenvalue weighted by Crippen LogP contribution is -2.34. The number of ketones is 1. The summed E-state index contributed by atoms with van der Waals surface area (Å²) in [6.45, 7) is 6.82. The van der Waals surface area contributed by atoms with Gasteiger partial charge in [0.25, 0.3) is 0 Å². The Morgan fingerprint density at radius 2 is 1.64 bits per heavy atom. The molecule has 7 heteroatoms. The molecule has 1 aromatic carbocycles. The quantitative estimate of drug-likeness (QED) is 0.432. The molecule has 2 aliphatic carbocycles. The van der Waals surface area contributed by atoms with E-state index in [-0.39, 0.29) is 16.7 Å². The molecule has 0 aliphatic heterocycles. The van der Waals surface area contributed by atoms with Crippen LogP contribution in [0.2, 0.25) is 0 Å². The average molecular weight is 412 g/mol. The monoisotopic (exact) mass is 411 g/mol. The third-order valence-corrected chi connectivity index (χ3v) is 7.45. The van der Waals surface area contributed by atoms with Gasteiger partial charge in [0.15, 0.2) is 0 Å². The van der Waals surface area contributed by atoms with E-state index in [0.29, 0.717) is 11.7 Å². The number of quaternary nitrogens is 1. The van der Waals surface area contributed by atoms with Gasteiger partial charge in [-0.15, -0.1) is 0 Å². The summed E-state index contributed by atoms with van der Waals surface area (Å²) in [4.78, 5) is 12.9. The minimum Gasteiger partial charge on any atom is -0.726 e. The molecule has 3 rings (SSSR count). The first-order valence-electron chi connectivity index (χ1n) is 9.60. The van der Waals surface area contributed by atoms with E-state index in [1.165, 1.54) is 17.7 Å². The molecular formula is C21H33NO5S. The molecule has 0 saturated heterocycles. The van der Waals surface area contributed by atoms with Crippen molar-refractivity contribution >= 4 is 21.9 Å². The van der Waals surface area contributed by atoms with Gasteiger partial charge in [0.2, 0.25) is 10.4 Å². The van der Waals surface area contributed by atoms with Gasteiger partial charge in [-0.25, -0.2) is 8.42 Å². The molecule has 158 valence electrons. The standard InChI is InChI=1S/C20H30NO.CH4O4S/c1-19(2)17-11-12-20(19,3)18(22)16(17)13-14-7-9-15(10-8-14)21(4,5)6;1-5-6(2,3)4/h7-10,16-17H,11-13H2,1-6H3;1H3,(H,2,3,4)/q+1;/p-1. The predicted octanol–water partition coefficient (Wildman–Crippen LogP) is 3.16. The molecular weight excluding hydrogens is 378 g/mol. The number of carbonyl (C=O) groups is 1. The molecule has 0 radical (unpaired) electrons. The molecule has 1 aromatic rings. The zero-order valence-electron chi connectivity index (χ0n) is 18.0. The third kappa shape index (κ3) is 4.32. The summed E-state index contributed by atoms with van der Waals surface area (Å²) >= 11 is 0. The average Bonchev–Trinajstić information content (AvgIpc) is 2.88. The Morgan fingerprint density at radius 1 is 1.14 bits per heavy atom. The summed E-state index contributed by atoms with van der Waals surface area (Å²) < 4.78 is 31.9. The van der Waals surface area contributed by atoms with Crippen molar-refractivity contribution in [3.05, 3.63) is 29.8 Å². The smallest absolute Gasteiger partial charge is 0.217 e. The van der Waals surface area contributed by atoms with Crippen LogP contribution in [0.3, 0.4) is 0 Å². The van der Waals surface area contributed by atoms with E-state index in [0.717, 1.165) is 24.4 Å². The maximum atomic E-state index is 12.9. The highest BCUT2D eigenvalue weighted by Crippen LogP contribution is 2.66. The Balaban J connectivity index is 0.000000409. The van der Waals surface area contributed by atoms with Crippen LogP contribution in [-0.4, -0.2) is 47.0 Å². The van der Waals surface area contributed by atoms with Gasteiger partial charge in [-0.1, -0.05) is 32.9 Å². The summed E-state index contributed by atoms with van der Waals surface area (Å²) in [5.74, 6) is 1.30. The SMILES string of the molecule is CC12CCC(C(Cc3ccc([N+](C)(C)C)cc3)C1=O)C2(C)C.COS(=O)(=O)[O-]. The number of hydrogen-bond donors (Lipinski definition) is 0. The Bertz CT molecular complexity index is 823. The van der Waals surface area contributed by atoms with E-state index in [9.17, 15) is 17.8 Å². The van der Waals surface area contributed by atoms with Crippen molar-refractivity contribution in [3.63, 3.8) is 0 Å². The number of carbonyl (C=O) groups excluding carboxylic acids is 1. The first-order chi connectivity index (χ1) is 12.6. The molecule has 0 spiro atoms. The molecule has 6 nitrogen and oxygen atoms in total. The van der Waals surface area contributed by atoms with Gasteiger partial charge in [-0.3, -0.25) is 13.5 Å². The number of benzene rings is 1. The fourth-order valence-corrected chi connectivity index (χ4v) is 4.84. The molecule has 0 aromatic heterocycles. The predicted molar refractivity (Wildman–Crippen MR) is 110 cm³/mol. The van der Waals surface area contributed by atoms with Crippen LogP contribution in [0.15, 0.2) is 24.3 Å². The van der Waals surface area contributed by atoms with Crippen molar-refractivity contribution in [2.75, 3.05) is 28.3 Å². The van der Waals surface area contributed by atoms with E-state index in [4.69, 9.17) is 0 Å². The number of rotatable bonds is 4. The Kier molecular flexibility index (Phi) is 6.18. The minimum atomic E-state index is -4.41. The van der Waals surface area contributed by atoms with Gasteiger partial charge in [-0.05, 0) is 48.3 Å². The number of hydrogen-bond acceptors (Lipinski definition) is 5. The van der Waals surface area contributed by atoms with Crippen molar-refractivity contribution in [1.29, 1.82) is 0 Å². The summed E-state index contributed by atoms with van der Waals surface area (Å²) in [6.07, 6.45) is 3.22. The van der Waals surface area contributed by atoms with Crippen LogP contribution >= 0.6 is 0 Å². The fraction of sp³-hybridized carbons (Fsp3) is 0.667. The highest BCUT2D eigenvalue weighted by atomic mass is 32.3. The van der Waals surface area contributed by atoms with Crippen LogP contribution in [-0.2, 0) is 25.8 Å². The largest absolute Gasteiger partial charge is 0.726 e. The lowest BCUT2D eigenvalue weighted by atomic mass is 9.70.